The number of primary amides is 1. The number of carbonyl (C=O) groups is 2. The van der Waals surface area contributed by atoms with Crippen LogP contribution in [0.3, 0.4) is 0 Å². The molecule has 29 heavy (non-hydrogen) atoms. The van der Waals surface area contributed by atoms with Crippen LogP contribution in [0.15, 0.2) is 34.9 Å². The molecule has 4 rings (SSSR count). The summed E-state index contributed by atoms with van der Waals surface area (Å²) >= 11 is 1.42. The van der Waals surface area contributed by atoms with Gasteiger partial charge in [-0.2, -0.15) is 0 Å². The first-order chi connectivity index (χ1) is 14.0. The molecule has 1 aliphatic carbocycles. The first-order valence-electron chi connectivity index (χ1n) is 9.33. The summed E-state index contributed by atoms with van der Waals surface area (Å²) in [4.78, 5) is 25.9. The van der Waals surface area contributed by atoms with E-state index in [-0.39, 0.29) is 5.69 Å². The van der Waals surface area contributed by atoms with E-state index in [4.69, 9.17) is 15.0 Å². The Bertz CT molecular complexity index is 1070. The number of methoxy groups -OCH3 is 1. The molecule has 3 aromatic rings. The summed E-state index contributed by atoms with van der Waals surface area (Å²) in [5, 5.41) is 7.15. The molecule has 0 saturated heterocycles. The van der Waals surface area contributed by atoms with E-state index >= 15 is 0 Å². The molecular weight excluding hydrogens is 390 g/mol. The molecule has 0 fully saturated rings. The molecule has 1 aliphatic rings. The van der Waals surface area contributed by atoms with Crippen molar-refractivity contribution in [2.24, 2.45) is 11.7 Å². The number of fused-ring (bicyclic) bond motifs is 1. The van der Waals surface area contributed by atoms with Gasteiger partial charge in [0.15, 0.2) is 11.5 Å². The molecule has 7 nitrogen and oxygen atoms in total. The van der Waals surface area contributed by atoms with Gasteiger partial charge in [0.05, 0.1) is 12.7 Å². The van der Waals surface area contributed by atoms with Gasteiger partial charge >= 0.3 is 0 Å². The Morgan fingerprint density at radius 2 is 2.07 bits per heavy atom. The van der Waals surface area contributed by atoms with Crippen molar-refractivity contribution < 1.29 is 18.8 Å². The van der Waals surface area contributed by atoms with Crippen molar-refractivity contribution in [3.8, 4) is 17.1 Å². The van der Waals surface area contributed by atoms with Gasteiger partial charge in [0, 0.05) is 16.5 Å². The number of nitrogens with zero attached hydrogens (tertiary/aromatic N) is 1. The number of aromatic nitrogens is 1. The molecule has 3 N–H and O–H groups in total. The Kier molecular flexibility index (Phi) is 5.10. The molecule has 0 bridgehead atoms. The van der Waals surface area contributed by atoms with Crippen LogP contribution in [-0.4, -0.2) is 24.1 Å². The number of amides is 2. The van der Waals surface area contributed by atoms with E-state index in [0.29, 0.717) is 22.2 Å². The Morgan fingerprint density at radius 1 is 1.31 bits per heavy atom. The number of anilines is 1. The zero-order valence-electron chi connectivity index (χ0n) is 16.2. The quantitative estimate of drug-likeness (QED) is 0.662. The lowest BCUT2D eigenvalue weighted by Crippen LogP contribution is -2.19. The second kappa shape index (κ2) is 7.71. The van der Waals surface area contributed by atoms with Gasteiger partial charge < -0.3 is 20.3 Å². The largest absolute Gasteiger partial charge is 0.497 e. The van der Waals surface area contributed by atoms with Crippen LogP contribution in [0.4, 0.5) is 5.00 Å². The second-order valence-electron chi connectivity index (χ2n) is 7.18. The second-order valence-corrected chi connectivity index (χ2v) is 8.28. The average Bonchev–Trinajstić information content (AvgIpc) is 3.32. The maximum Gasteiger partial charge on any atom is 0.278 e. The van der Waals surface area contributed by atoms with E-state index in [1.54, 1.807) is 25.3 Å². The van der Waals surface area contributed by atoms with Gasteiger partial charge in [-0.3, -0.25) is 9.59 Å². The van der Waals surface area contributed by atoms with Crippen LogP contribution >= 0.6 is 11.3 Å². The molecule has 0 radical (unpaired) electrons. The Balaban J connectivity index is 1.57. The minimum atomic E-state index is -0.522. The van der Waals surface area contributed by atoms with E-state index in [2.05, 4.69) is 17.4 Å². The smallest absolute Gasteiger partial charge is 0.278 e. The van der Waals surface area contributed by atoms with Crippen LogP contribution < -0.4 is 15.8 Å². The van der Waals surface area contributed by atoms with Crippen LogP contribution in [0.1, 0.15) is 44.6 Å². The number of hydrogen-bond acceptors (Lipinski definition) is 6. The van der Waals surface area contributed by atoms with Gasteiger partial charge in [0.2, 0.25) is 0 Å². The highest BCUT2D eigenvalue weighted by molar-refractivity contribution is 7.17. The fourth-order valence-electron chi connectivity index (χ4n) is 3.54. The van der Waals surface area contributed by atoms with Gasteiger partial charge in [0.25, 0.3) is 11.8 Å². The lowest BCUT2D eigenvalue weighted by molar-refractivity contribution is 0.1000. The highest BCUT2D eigenvalue weighted by Crippen LogP contribution is 2.39. The zero-order chi connectivity index (χ0) is 20.5. The normalized spacial score (nSPS) is 15.6. The highest BCUT2D eigenvalue weighted by atomic mass is 32.1. The third kappa shape index (κ3) is 3.75. The van der Waals surface area contributed by atoms with Crippen LogP contribution in [-0.2, 0) is 12.8 Å². The number of carbonyl (C=O) groups excluding carboxylic acids is 2. The van der Waals surface area contributed by atoms with Crippen LogP contribution in [0.5, 0.6) is 5.75 Å². The maximum atomic E-state index is 12.7. The molecule has 2 amide bonds. The molecule has 0 unspecified atom stereocenters. The summed E-state index contributed by atoms with van der Waals surface area (Å²) < 4.78 is 10.5. The Morgan fingerprint density at radius 3 is 2.76 bits per heavy atom. The maximum absolute atomic E-state index is 12.7. The van der Waals surface area contributed by atoms with E-state index in [1.807, 2.05) is 12.1 Å². The number of benzene rings is 1. The lowest BCUT2D eigenvalue weighted by atomic mass is 9.88. The zero-order valence-corrected chi connectivity index (χ0v) is 17.0. The summed E-state index contributed by atoms with van der Waals surface area (Å²) in [5.41, 5.74) is 7.90. The molecule has 2 aromatic heterocycles. The molecule has 8 heteroatoms. The van der Waals surface area contributed by atoms with Gasteiger partial charge in [-0.15, -0.1) is 11.3 Å². The van der Waals surface area contributed by atoms with Crippen molar-refractivity contribution >= 4 is 28.2 Å². The number of ether oxygens (including phenoxy) is 1. The van der Waals surface area contributed by atoms with Gasteiger partial charge in [-0.05, 0) is 55.0 Å². The summed E-state index contributed by atoms with van der Waals surface area (Å²) in [6.45, 7) is 2.18. The average molecular weight is 411 g/mol. The molecule has 1 aromatic carbocycles. The van der Waals surface area contributed by atoms with E-state index in [0.717, 1.165) is 41.0 Å². The molecule has 0 saturated carbocycles. The third-order valence-electron chi connectivity index (χ3n) is 5.10. The summed E-state index contributed by atoms with van der Waals surface area (Å²) in [6, 6.07) is 8.81. The SMILES string of the molecule is COc1ccc(-c2cc(C(=O)Nc3sc4c(c3C(N)=O)CC[C@@H](C)C4)no2)cc1. The molecule has 150 valence electrons. The molecule has 1 atom stereocenters. The van der Waals surface area contributed by atoms with Crippen LogP contribution in [0, 0.1) is 5.92 Å². The van der Waals surface area contributed by atoms with E-state index in [9.17, 15) is 9.59 Å². The number of rotatable bonds is 5. The summed E-state index contributed by atoms with van der Waals surface area (Å²) in [7, 11) is 1.59. The molecular formula is C21H21N3O4S. The Hall–Kier alpha value is -3.13. The first-order valence-corrected chi connectivity index (χ1v) is 10.1. The standard InChI is InChI=1S/C21H21N3O4S/c1-11-3-8-14-17(9-11)29-21(18(14)19(22)25)23-20(26)15-10-16(28-24-15)12-4-6-13(27-2)7-5-12/h4-7,10-11H,3,8-9H2,1-2H3,(H2,22,25)(H,23,26)/t11-/m1/s1. The van der Waals surface area contributed by atoms with Crippen LogP contribution in [0.25, 0.3) is 11.3 Å². The van der Waals surface area contributed by atoms with Gasteiger partial charge in [-0.25, -0.2) is 0 Å². The topological polar surface area (TPSA) is 107 Å². The number of thiophene rings is 1. The van der Waals surface area contributed by atoms with Crippen molar-refractivity contribution in [3.05, 3.63) is 52.0 Å². The highest BCUT2D eigenvalue weighted by Gasteiger charge is 2.28. The number of nitrogens with one attached hydrogen (secondary N) is 1. The number of hydrogen-bond donors (Lipinski definition) is 2. The first kappa shape index (κ1) is 19.2. The monoisotopic (exact) mass is 411 g/mol. The van der Waals surface area contributed by atoms with Gasteiger partial charge in [0.1, 0.15) is 10.8 Å². The van der Waals surface area contributed by atoms with E-state index in [1.165, 1.54) is 11.3 Å². The minimum Gasteiger partial charge on any atom is -0.497 e. The Labute approximate surface area is 171 Å². The van der Waals surface area contributed by atoms with E-state index < -0.39 is 11.8 Å². The summed E-state index contributed by atoms with van der Waals surface area (Å²) in [5.74, 6) is 0.774. The fraction of sp³-hybridized carbons (Fsp3) is 0.286. The van der Waals surface area contributed by atoms with Gasteiger partial charge in [-0.1, -0.05) is 12.1 Å². The molecule has 0 aliphatic heterocycles. The summed E-state index contributed by atoms with van der Waals surface area (Å²) in [6.07, 6.45) is 2.69. The predicted octanol–water partition coefficient (Wildman–Crippen LogP) is 3.89. The lowest BCUT2D eigenvalue weighted by Gasteiger charge is -2.18. The van der Waals surface area contributed by atoms with Crippen molar-refractivity contribution in [1.29, 1.82) is 0 Å². The number of nitrogens with two attached hydrogens (primary N) is 1. The molecule has 0 spiro atoms. The third-order valence-corrected chi connectivity index (χ3v) is 6.27. The minimum absolute atomic E-state index is 0.131. The van der Waals surface area contributed by atoms with Crippen molar-refractivity contribution in [2.45, 2.75) is 26.2 Å². The predicted molar refractivity (Wildman–Crippen MR) is 110 cm³/mol. The van der Waals surface area contributed by atoms with Crippen LogP contribution in [0.2, 0.25) is 0 Å². The van der Waals surface area contributed by atoms with Crippen molar-refractivity contribution in [2.75, 3.05) is 12.4 Å². The van der Waals surface area contributed by atoms with Crippen molar-refractivity contribution in [1.82, 2.24) is 5.16 Å². The van der Waals surface area contributed by atoms with Crippen molar-refractivity contribution in [3.63, 3.8) is 0 Å². The molecule has 2 heterocycles. The fourth-order valence-corrected chi connectivity index (χ4v) is 4.95.